The summed E-state index contributed by atoms with van der Waals surface area (Å²) in [4.78, 5) is 0. The van der Waals surface area contributed by atoms with Crippen LogP contribution in [0.1, 0.15) is 12.6 Å². The lowest BCUT2D eigenvalue weighted by molar-refractivity contribution is 0.648. The van der Waals surface area contributed by atoms with Crippen molar-refractivity contribution in [2.75, 3.05) is 18.1 Å². The Bertz CT molecular complexity index is 281. The molecule has 15 heavy (non-hydrogen) atoms. The first-order valence-electron chi connectivity index (χ1n) is 5.41. The Morgan fingerprint density at radius 3 is 3.20 bits per heavy atom. The molecule has 0 aliphatic heterocycles. The highest BCUT2D eigenvalue weighted by Gasteiger charge is 1.97. The van der Waals surface area contributed by atoms with Crippen molar-refractivity contribution in [2.45, 2.75) is 20.0 Å². The molecule has 0 aliphatic rings. The maximum Gasteiger partial charge on any atom is 0.0359 e. The van der Waals surface area contributed by atoms with E-state index in [0.29, 0.717) is 0 Å². The quantitative estimate of drug-likeness (QED) is 0.540. The third kappa shape index (κ3) is 4.58. The molecule has 0 amide bonds. The van der Waals surface area contributed by atoms with Crippen LogP contribution in [-0.4, -0.2) is 22.6 Å². The lowest BCUT2D eigenvalue weighted by Crippen LogP contribution is -2.18. The average molecular weight is 224 g/mol. The minimum atomic E-state index is 0.968. The number of nitrogens with one attached hydrogen (secondary N) is 1. The molecule has 1 N–H and O–H groups in total. The molecule has 0 atom stereocenters. The van der Waals surface area contributed by atoms with Crippen LogP contribution in [0.2, 0.25) is 0 Å². The zero-order chi connectivity index (χ0) is 10.9. The van der Waals surface area contributed by atoms with Crippen molar-refractivity contribution < 1.29 is 0 Å². The van der Waals surface area contributed by atoms with Gasteiger partial charge in [-0.15, -0.1) is 6.58 Å². The molecule has 1 heterocycles. The van der Waals surface area contributed by atoms with Crippen molar-refractivity contribution in [2.24, 2.45) is 0 Å². The molecule has 0 aliphatic carbocycles. The fraction of sp³-hybridized carbons (Fsp3) is 0.500. The van der Waals surface area contributed by atoms with Gasteiger partial charge < -0.3 is 9.88 Å². The van der Waals surface area contributed by atoms with Crippen LogP contribution in [-0.2, 0) is 13.1 Å². The van der Waals surface area contributed by atoms with E-state index in [-0.39, 0.29) is 0 Å². The fourth-order valence-corrected chi connectivity index (χ4v) is 2.07. The van der Waals surface area contributed by atoms with Gasteiger partial charge in [0.25, 0.3) is 0 Å². The van der Waals surface area contributed by atoms with Crippen molar-refractivity contribution in [3.8, 4) is 0 Å². The van der Waals surface area contributed by atoms with Crippen molar-refractivity contribution in [3.05, 3.63) is 36.7 Å². The van der Waals surface area contributed by atoms with Crippen LogP contribution < -0.4 is 5.32 Å². The molecule has 0 unspecified atom stereocenters. The number of aryl methyl sites for hydroxylation is 1. The molecule has 1 rings (SSSR count). The van der Waals surface area contributed by atoms with Crippen LogP contribution in [0.15, 0.2) is 31.0 Å². The fourth-order valence-electron chi connectivity index (χ4n) is 1.45. The molecule has 2 nitrogen and oxygen atoms in total. The molecule has 0 bridgehead atoms. The van der Waals surface area contributed by atoms with Gasteiger partial charge in [-0.3, -0.25) is 0 Å². The Morgan fingerprint density at radius 2 is 2.47 bits per heavy atom. The van der Waals surface area contributed by atoms with Crippen molar-refractivity contribution in [3.63, 3.8) is 0 Å². The zero-order valence-corrected chi connectivity index (χ0v) is 10.2. The predicted octanol–water partition coefficient (Wildman–Crippen LogP) is 2.52. The molecule has 1 aromatic heterocycles. The van der Waals surface area contributed by atoms with Crippen LogP contribution in [0.5, 0.6) is 0 Å². The third-order valence-corrected chi connectivity index (χ3v) is 3.19. The van der Waals surface area contributed by atoms with Gasteiger partial charge >= 0.3 is 0 Å². The summed E-state index contributed by atoms with van der Waals surface area (Å²) in [5.74, 6) is 2.20. The van der Waals surface area contributed by atoms with Crippen molar-refractivity contribution in [1.82, 2.24) is 9.88 Å². The van der Waals surface area contributed by atoms with Crippen LogP contribution in [0.3, 0.4) is 0 Å². The van der Waals surface area contributed by atoms with Crippen LogP contribution in [0.25, 0.3) is 0 Å². The highest BCUT2D eigenvalue weighted by molar-refractivity contribution is 7.99. The number of hydrogen-bond donors (Lipinski definition) is 1. The topological polar surface area (TPSA) is 17.0 Å². The van der Waals surface area contributed by atoms with Gasteiger partial charge in [0.05, 0.1) is 0 Å². The first-order valence-corrected chi connectivity index (χ1v) is 6.57. The van der Waals surface area contributed by atoms with Gasteiger partial charge in [0.15, 0.2) is 0 Å². The summed E-state index contributed by atoms with van der Waals surface area (Å²) in [6, 6.07) is 4.28. The normalized spacial score (nSPS) is 10.5. The molecule has 0 aromatic carbocycles. The second-order valence-corrected chi connectivity index (χ2v) is 4.48. The monoisotopic (exact) mass is 224 g/mol. The largest absolute Gasteiger partial charge is 0.351 e. The highest BCUT2D eigenvalue weighted by atomic mass is 32.2. The SMILES string of the molecule is C=CCSCCNCc1cccn1CC. The van der Waals surface area contributed by atoms with Gasteiger partial charge in [-0.25, -0.2) is 0 Å². The third-order valence-electron chi connectivity index (χ3n) is 2.23. The molecule has 0 spiro atoms. The van der Waals surface area contributed by atoms with Crippen molar-refractivity contribution in [1.29, 1.82) is 0 Å². The molecular formula is C12H20N2S. The minimum absolute atomic E-state index is 0.968. The van der Waals surface area contributed by atoms with E-state index in [1.54, 1.807) is 0 Å². The van der Waals surface area contributed by atoms with E-state index in [2.05, 4.69) is 41.7 Å². The lowest BCUT2D eigenvalue weighted by Gasteiger charge is -2.07. The van der Waals surface area contributed by atoms with Gasteiger partial charge in [0.1, 0.15) is 0 Å². The number of rotatable bonds is 8. The summed E-state index contributed by atoms with van der Waals surface area (Å²) in [5.41, 5.74) is 1.37. The van der Waals surface area contributed by atoms with E-state index in [9.17, 15) is 0 Å². The second kappa shape index (κ2) is 7.60. The van der Waals surface area contributed by atoms with Gasteiger partial charge in [-0.1, -0.05) is 6.08 Å². The standard InChI is InChI=1S/C12H20N2S/c1-3-9-15-10-7-13-11-12-6-5-8-14(12)4-2/h3,5-6,8,13H,1,4,7,9-11H2,2H3. The van der Waals surface area contributed by atoms with E-state index in [1.165, 1.54) is 5.69 Å². The van der Waals surface area contributed by atoms with Crippen LogP contribution in [0.4, 0.5) is 0 Å². The maximum absolute atomic E-state index is 3.70. The Kier molecular flexibility index (Phi) is 6.28. The number of aromatic nitrogens is 1. The van der Waals surface area contributed by atoms with Crippen LogP contribution >= 0.6 is 11.8 Å². The minimum Gasteiger partial charge on any atom is -0.351 e. The molecular weight excluding hydrogens is 204 g/mol. The second-order valence-electron chi connectivity index (χ2n) is 3.33. The highest BCUT2D eigenvalue weighted by Crippen LogP contribution is 2.02. The molecule has 3 heteroatoms. The summed E-state index contributed by atoms with van der Waals surface area (Å²) >= 11 is 1.91. The van der Waals surface area contributed by atoms with E-state index in [4.69, 9.17) is 0 Å². The Morgan fingerprint density at radius 1 is 1.60 bits per heavy atom. The molecule has 84 valence electrons. The molecule has 0 fully saturated rings. The predicted molar refractivity (Wildman–Crippen MR) is 69.3 cm³/mol. The van der Waals surface area contributed by atoms with Gasteiger partial charge in [0.2, 0.25) is 0 Å². The Hall–Kier alpha value is -0.670. The van der Waals surface area contributed by atoms with Gasteiger partial charge in [-0.2, -0.15) is 11.8 Å². The smallest absolute Gasteiger partial charge is 0.0359 e. The maximum atomic E-state index is 3.70. The molecule has 0 radical (unpaired) electrons. The van der Waals surface area contributed by atoms with E-state index >= 15 is 0 Å². The first kappa shape index (κ1) is 12.4. The van der Waals surface area contributed by atoms with Crippen LogP contribution in [0, 0.1) is 0 Å². The van der Waals surface area contributed by atoms with Crippen molar-refractivity contribution >= 4 is 11.8 Å². The first-order chi connectivity index (χ1) is 7.38. The lowest BCUT2D eigenvalue weighted by atomic mass is 10.4. The van der Waals surface area contributed by atoms with E-state index < -0.39 is 0 Å². The summed E-state index contributed by atoms with van der Waals surface area (Å²) in [6.45, 7) is 8.95. The Labute approximate surface area is 96.8 Å². The Balaban J connectivity index is 2.12. The molecule has 1 aromatic rings. The number of hydrogen-bond acceptors (Lipinski definition) is 2. The molecule has 0 saturated heterocycles. The van der Waals surface area contributed by atoms with E-state index in [1.807, 2.05) is 17.8 Å². The number of nitrogens with zero attached hydrogens (tertiary/aromatic N) is 1. The number of thioether (sulfide) groups is 1. The summed E-state index contributed by atoms with van der Waals surface area (Å²) in [6.07, 6.45) is 4.08. The summed E-state index contributed by atoms with van der Waals surface area (Å²) < 4.78 is 2.27. The summed E-state index contributed by atoms with van der Waals surface area (Å²) in [7, 11) is 0. The zero-order valence-electron chi connectivity index (χ0n) is 9.41. The van der Waals surface area contributed by atoms with E-state index in [0.717, 1.165) is 31.1 Å². The summed E-state index contributed by atoms with van der Waals surface area (Å²) in [5, 5.41) is 3.45. The van der Waals surface area contributed by atoms with Gasteiger partial charge in [0, 0.05) is 43.0 Å². The average Bonchev–Trinajstić information content (AvgIpc) is 2.70. The van der Waals surface area contributed by atoms with Gasteiger partial charge in [-0.05, 0) is 19.1 Å². The molecule has 0 saturated carbocycles.